The number of hydrogen-bond donors (Lipinski definition) is 1. The summed E-state index contributed by atoms with van der Waals surface area (Å²) in [6.07, 6.45) is 3.13. The molecular weight excluding hydrogens is 352 g/mol. The maximum absolute atomic E-state index is 12.3. The van der Waals surface area contributed by atoms with E-state index in [1.807, 2.05) is 31.2 Å². The van der Waals surface area contributed by atoms with Crippen molar-refractivity contribution in [2.24, 2.45) is 0 Å². The molecule has 1 atom stereocenters. The Morgan fingerprint density at radius 2 is 2.00 bits per heavy atom. The highest BCUT2D eigenvalue weighted by atomic mass is 32.2. The van der Waals surface area contributed by atoms with Crippen LogP contribution in [0.25, 0.3) is 0 Å². The van der Waals surface area contributed by atoms with Crippen LogP contribution in [-0.2, 0) is 14.8 Å². The van der Waals surface area contributed by atoms with E-state index in [1.54, 1.807) is 11.4 Å². The van der Waals surface area contributed by atoms with Gasteiger partial charge in [0, 0.05) is 45.3 Å². The van der Waals surface area contributed by atoms with Gasteiger partial charge in [0.25, 0.3) is 0 Å². The topological polar surface area (TPSA) is 75.7 Å². The average molecular weight is 381 g/mol. The van der Waals surface area contributed by atoms with Crippen LogP contribution in [0.3, 0.4) is 0 Å². The quantitative estimate of drug-likeness (QED) is 0.850. The van der Waals surface area contributed by atoms with Crippen molar-refractivity contribution in [2.75, 3.05) is 25.9 Å². The molecule has 1 fully saturated rings. The van der Waals surface area contributed by atoms with Gasteiger partial charge >= 0.3 is 0 Å². The van der Waals surface area contributed by atoms with Gasteiger partial charge in [-0.05, 0) is 24.5 Å². The lowest BCUT2D eigenvalue weighted by atomic mass is 9.76. The average Bonchev–Trinajstić information content (AvgIpc) is 2.62. The minimum Gasteiger partial charge on any atom is -0.487 e. The predicted octanol–water partition coefficient (Wildman–Crippen LogP) is 2.26. The molecule has 6 nitrogen and oxygen atoms in total. The van der Waals surface area contributed by atoms with Gasteiger partial charge in [-0.1, -0.05) is 25.1 Å². The van der Waals surface area contributed by atoms with E-state index in [4.69, 9.17) is 4.74 Å². The third kappa shape index (κ3) is 3.88. The maximum Gasteiger partial charge on any atom is 0.220 e. The molecule has 7 heteroatoms. The minimum atomic E-state index is -3.17. The zero-order valence-electron chi connectivity index (χ0n) is 15.5. The Morgan fingerprint density at radius 3 is 2.65 bits per heavy atom. The van der Waals surface area contributed by atoms with E-state index >= 15 is 0 Å². The molecule has 1 aromatic carbocycles. The first kappa shape index (κ1) is 19.2. The number of rotatable bonds is 5. The van der Waals surface area contributed by atoms with E-state index in [9.17, 15) is 13.2 Å². The van der Waals surface area contributed by atoms with E-state index in [1.165, 1.54) is 0 Å². The number of piperidine rings is 1. The summed E-state index contributed by atoms with van der Waals surface area (Å²) in [6.45, 7) is 2.85. The summed E-state index contributed by atoms with van der Waals surface area (Å²) in [7, 11) is -1.52. The Morgan fingerprint density at radius 1 is 1.31 bits per heavy atom. The van der Waals surface area contributed by atoms with Crippen molar-refractivity contribution >= 4 is 15.9 Å². The molecule has 2 aliphatic rings. The van der Waals surface area contributed by atoms with Crippen LogP contribution in [-0.4, -0.2) is 50.1 Å². The van der Waals surface area contributed by atoms with Crippen LogP contribution in [0.5, 0.6) is 5.75 Å². The first-order valence-corrected chi connectivity index (χ1v) is 11.0. The van der Waals surface area contributed by atoms with Crippen molar-refractivity contribution in [3.8, 4) is 5.75 Å². The van der Waals surface area contributed by atoms with Gasteiger partial charge in [-0.2, -0.15) is 0 Å². The number of carbonyl (C=O) groups is 1. The van der Waals surface area contributed by atoms with Crippen molar-refractivity contribution in [1.29, 1.82) is 0 Å². The van der Waals surface area contributed by atoms with Crippen molar-refractivity contribution in [3.63, 3.8) is 0 Å². The SMILES string of the molecule is CCCS(=O)(=O)N1CCC2(CC1)CC(CC(=O)NC)c1ccccc1O2. The maximum atomic E-state index is 12.3. The first-order chi connectivity index (χ1) is 12.4. The van der Waals surface area contributed by atoms with Crippen LogP contribution in [0.1, 0.15) is 50.5 Å². The fourth-order valence-corrected chi connectivity index (χ4v) is 5.63. The Balaban J connectivity index is 1.79. The molecule has 144 valence electrons. The monoisotopic (exact) mass is 380 g/mol. The van der Waals surface area contributed by atoms with E-state index in [0.717, 1.165) is 17.7 Å². The van der Waals surface area contributed by atoms with Gasteiger partial charge in [-0.25, -0.2) is 12.7 Å². The molecule has 0 aromatic heterocycles. The lowest BCUT2D eigenvalue weighted by Crippen LogP contribution is -2.52. The standard InChI is InChI=1S/C19H28N2O4S/c1-3-12-26(23,24)21-10-8-19(9-11-21)14-15(13-18(22)20-2)16-6-4-5-7-17(16)25-19/h4-7,15H,3,8-14H2,1-2H3,(H,20,22). The number of ether oxygens (including phenoxy) is 1. The fraction of sp³-hybridized carbons (Fsp3) is 0.632. The minimum absolute atomic E-state index is 0.0183. The van der Waals surface area contributed by atoms with Crippen LogP contribution in [0, 0.1) is 0 Å². The second kappa shape index (κ2) is 7.56. The summed E-state index contributed by atoms with van der Waals surface area (Å²) in [5, 5.41) is 2.71. The lowest BCUT2D eigenvalue weighted by Gasteiger charge is -2.46. The molecule has 2 heterocycles. The fourth-order valence-electron chi connectivity index (χ4n) is 4.12. The molecule has 1 unspecified atom stereocenters. The van der Waals surface area contributed by atoms with Gasteiger partial charge in [-0.3, -0.25) is 4.79 Å². The molecule has 3 rings (SSSR count). The summed E-state index contributed by atoms with van der Waals surface area (Å²) in [5.41, 5.74) is 0.688. The normalized spacial score (nSPS) is 22.5. The number of hydrogen-bond acceptors (Lipinski definition) is 4. The number of carbonyl (C=O) groups excluding carboxylic acids is 1. The van der Waals surface area contributed by atoms with Crippen LogP contribution in [0.15, 0.2) is 24.3 Å². The molecule has 0 radical (unpaired) electrons. The Labute approximate surface area is 156 Å². The number of nitrogens with zero attached hydrogens (tertiary/aromatic N) is 1. The number of benzene rings is 1. The predicted molar refractivity (Wildman–Crippen MR) is 101 cm³/mol. The van der Waals surface area contributed by atoms with Crippen molar-refractivity contribution in [2.45, 2.75) is 50.5 Å². The molecule has 26 heavy (non-hydrogen) atoms. The van der Waals surface area contributed by atoms with Crippen LogP contribution in [0.2, 0.25) is 0 Å². The van der Waals surface area contributed by atoms with Crippen LogP contribution in [0.4, 0.5) is 0 Å². The number of amides is 1. The van der Waals surface area contributed by atoms with Crippen molar-refractivity contribution in [1.82, 2.24) is 9.62 Å². The van der Waals surface area contributed by atoms with Gasteiger partial charge in [0.15, 0.2) is 0 Å². The Bertz CT molecular complexity index is 755. The number of nitrogens with one attached hydrogen (secondary N) is 1. The highest BCUT2D eigenvalue weighted by Crippen LogP contribution is 2.46. The summed E-state index contributed by atoms with van der Waals surface area (Å²) in [6, 6.07) is 7.89. The van der Waals surface area contributed by atoms with Gasteiger partial charge in [0.2, 0.25) is 15.9 Å². The van der Waals surface area contributed by atoms with Crippen molar-refractivity contribution < 1.29 is 17.9 Å². The molecule has 1 amide bonds. The molecule has 2 aliphatic heterocycles. The number of sulfonamides is 1. The molecule has 0 bridgehead atoms. The summed E-state index contributed by atoms with van der Waals surface area (Å²) < 4.78 is 32.6. The second-order valence-electron chi connectivity index (χ2n) is 7.32. The van der Waals surface area contributed by atoms with Gasteiger partial charge in [0.1, 0.15) is 11.4 Å². The van der Waals surface area contributed by atoms with Gasteiger partial charge < -0.3 is 10.1 Å². The third-order valence-electron chi connectivity index (χ3n) is 5.50. The van der Waals surface area contributed by atoms with E-state index in [0.29, 0.717) is 38.8 Å². The van der Waals surface area contributed by atoms with E-state index < -0.39 is 10.0 Å². The first-order valence-electron chi connectivity index (χ1n) is 9.35. The molecular formula is C19H28N2O4S. The lowest BCUT2D eigenvalue weighted by molar-refractivity contribution is -0.121. The number of fused-ring (bicyclic) bond motifs is 1. The largest absolute Gasteiger partial charge is 0.487 e. The van der Waals surface area contributed by atoms with Gasteiger partial charge in [0.05, 0.1) is 5.75 Å². The Hall–Kier alpha value is -1.60. The summed E-state index contributed by atoms with van der Waals surface area (Å²) >= 11 is 0. The molecule has 1 saturated heterocycles. The highest BCUT2D eigenvalue weighted by Gasteiger charge is 2.45. The number of para-hydroxylation sites is 1. The van der Waals surface area contributed by atoms with E-state index in [2.05, 4.69) is 5.32 Å². The van der Waals surface area contributed by atoms with Gasteiger partial charge in [-0.15, -0.1) is 0 Å². The molecule has 1 aromatic rings. The zero-order chi connectivity index (χ0) is 18.8. The summed E-state index contributed by atoms with van der Waals surface area (Å²) in [5.74, 6) is 1.14. The van der Waals surface area contributed by atoms with Crippen LogP contribution < -0.4 is 10.1 Å². The highest BCUT2D eigenvalue weighted by molar-refractivity contribution is 7.89. The zero-order valence-corrected chi connectivity index (χ0v) is 16.3. The molecule has 1 N–H and O–H groups in total. The second-order valence-corrected chi connectivity index (χ2v) is 9.40. The molecule has 0 saturated carbocycles. The smallest absolute Gasteiger partial charge is 0.220 e. The third-order valence-corrected chi connectivity index (χ3v) is 7.58. The van der Waals surface area contributed by atoms with Crippen LogP contribution >= 0.6 is 0 Å². The molecule has 0 aliphatic carbocycles. The Kier molecular flexibility index (Phi) is 5.58. The van der Waals surface area contributed by atoms with E-state index in [-0.39, 0.29) is 23.2 Å². The summed E-state index contributed by atoms with van der Waals surface area (Å²) in [4.78, 5) is 12.0. The molecule has 1 spiro atoms. The van der Waals surface area contributed by atoms with Crippen molar-refractivity contribution in [3.05, 3.63) is 29.8 Å².